The van der Waals surface area contributed by atoms with Crippen molar-refractivity contribution in [2.45, 2.75) is 37.8 Å². The van der Waals surface area contributed by atoms with Crippen molar-refractivity contribution in [1.82, 2.24) is 14.7 Å². The quantitative estimate of drug-likeness (QED) is 0.420. The van der Waals surface area contributed by atoms with E-state index in [9.17, 15) is 14.1 Å². The molecule has 1 aromatic carbocycles. The largest absolute Gasteiger partial charge is 0.449 e. The van der Waals surface area contributed by atoms with E-state index in [1.807, 2.05) is 6.92 Å². The summed E-state index contributed by atoms with van der Waals surface area (Å²) in [5, 5.41) is 15.8. The topological polar surface area (TPSA) is 125 Å². The Morgan fingerprint density at radius 2 is 2.00 bits per heavy atom. The van der Waals surface area contributed by atoms with Crippen LogP contribution in [-0.4, -0.2) is 50.0 Å². The molecule has 0 aliphatic rings. The van der Waals surface area contributed by atoms with E-state index in [1.165, 1.54) is 0 Å². The third kappa shape index (κ3) is 6.58. The number of carbonyl (C=O) groups excluding carboxylic acids is 1. The van der Waals surface area contributed by atoms with Gasteiger partial charge in [-0.05, 0) is 66.8 Å². The van der Waals surface area contributed by atoms with Crippen LogP contribution in [0, 0.1) is 0 Å². The highest BCUT2D eigenvalue weighted by molar-refractivity contribution is 9.10. The van der Waals surface area contributed by atoms with Crippen molar-refractivity contribution in [3.63, 3.8) is 0 Å². The number of carbonyl (C=O) groups is 1. The first-order valence-corrected chi connectivity index (χ1v) is 11.3. The van der Waals surface area contributed by atoms with Gasteiger partial charge in [-0.3, -0.25) is 0 Å². The number of hydrogen-bond donors (Lipinski definition) is 4. The van der Waals surface area contributed by atoms with Gasteiger partial charge in [0.25, 0.3) is 0 Å². The maximum Gasteiger partial charge on any atom is 0.418 e. The van der Waals surface area contributed by atoms with Crippen LogP contribution in [0.5, 0.6) is 0 Å². The molecular weight excluding hydrogens is 462 g/mol. The molecule has 0 aliphatic heterocycles. The lowest BCUT2D eigenvalue weighted by Gasteiger charge is -2.18. The molecule has 4 N–H and O–H groups in total. The normalized spacial score (nSPS) is 14.9. The van der Waals surface area contributed by atoms with Crippen molar-refractivity contribution in [2.24, 2.45) is 0 Å². The first-order chi connectivity index (χ1) is 13.6. The Balaban J connectivity index is 2.13. The minimum atomic E-state index is -3.03. The smallest absolute Gasteiger partial charge is 0.418 e. The van der Waals surface area contributed by atoms with Crippen LogP contribution >= 0.6 is 15.9 Å². The number of halogens is 1. The van der Waals surface area contributed by atoms with Gasteiger partial charge in [-0.15, -0.1) is 0 Å². The minimum absolute atomic E-state index is 0.171. The summed E-state index contributed by atoms with van der Waals surface area (Å²) in [5.41, 5.74) is 0.650. The highest BCUT2D eigenvalue weighted by Crippen LogP contribution is 2.23. The zero-order valence-electron chi connectivity index (χ0n) is 16.3. The van der Waals surface area contributed by atoms with Gasteiger partial charge < -0.3 is 20.5 Å². The van der Waals surface area contributed by atoms with Gasteiger partial charge in [-0.1, -0.05) is 0 Å². The Labute approximate surface area is 178 Å². The Morgan fingerprint density at radius 3 is 2.59 bits per heavy atom. The molecule has 2 rings (SSSR count). The second kappa shape index (κ2) is 9.90. The van der Waals surface area contributed by atoms with Crippen molar-refractivity contribution < 1.29 is 18.8 Å². The molecule has 11 heteroatoms. The van der Waals surface area contributed by atoms with E-state index < -0.39 is 21.9 Å². The van der Waals surface area contributed by atoms with Gasteiger partial charge in [0.15, 0.2) is 0 Å². The Bertz CT molecular complexity index is 951. The lowest BCUT2D eigenvalue weighted by atomic mass is 10.2. The Morgan fingerprint density at radius 1 is 1.34 bits per heavy atom. The van der Waals surface area contributed by atoms with E-state index in [1.54, 1.807) is 44.3 Å². The number of aromatic nitrogens is 2. The predicted molar refractivity (Wildman–Crippen MR) is 118 cm³/mol. The van der Waals surface area contributed by atoms with Gasteiger partial charge in [-0.2, -0.15) is 4.98 Å². The molecule has 158 valence electrons. The molecule has 0 saturated carbocycles. The molecule has 1 aromatic heterocycles. The number of rotatable bonds is 8. The van der Waals surface area contributed by atoms with Crippen molar-refractivity contribution >= 4 is 55.1 Å². The summed E-state index contributed by atoms with van der Waals surface area (Å²) >= 11 is 3.37. The summed E-state index contributed by atoms with van der Waals surface area (Å²) in [6.07, 6.45) is 0.248. The van der Waals surface area contributed by atoms with E-state index in [-0.39, 0.29) is 12.6 Å². The van der Waals surface area contributed by atoms with Gasteiger partial charge in [0.05, 0.1) is 32.9 Å². The monoisotopic (exact) mass is 485 g/mol. The van der Waals surface area contributed by atoms with Gasteiger partial charge in [0.1, 0.15) is 5.82 Å². The van der Waals surface area contributed by atoms with Crippen LogP contribution in [0.1, 0.15) is 20.8 Å². The fraction of sp³-hybridized carbons (Fsp3) is 0.333. The molecule has 0 fully saturated rings. The second-order valence-corrected chi connectivity index (χ2v) is 9.09. The number of anilines is 3. The molecule has 1 heterocycles. The maximum atomic E-state index is 12.6. The summed E-state index contributed by atoms with van der Waals surface area (Å²) in [5.74, 6) is 4.44. The number of aliphatic hydroxyl groups excluding tert-OH is 1. The number of nitrogens with one attached hydrogen (secondary N) is 3. The van der Waals surface area contributed by atoms with E-state index in [0.717, 1.165) is 0 Å². The van der Waals surface area contributed by atoms with E-state index in [4.69, 9.17) is 4.74 Å². The number of nitrogens with zero attached hydrogens (tertiary/aromatic N) is 2. The van der Waals surface area contributed by atoms with Gasteiger partial charge >= 0.3 is 6.09 Å². The molecular formula is C18H24BrN5O4S. The number of benzene rings is 1. The van der Waals surface area contributed by atoms with Crippen LogP contribution in [0.2, 0.25) is 0 Å². The lowest BCUT2D eigenvalue weighted by Crippen LogP contribution is -2.30. The van der Waals surface area contributed by atoms with Crippen LogP contribution in [0.15, 0.2) is 39.8 Å². The van der Waals surface area contributed by atoms with Crippen molar-refractivity contribution in [1.29, 1.82) is 0 Å². The number of ether oxygens (including phenoxy) is 1. The molecule has 1 amide bonds. The molecule has 0 saturated heterocycles. The van der Waals surface area contributed by atoms with E-state index in [0.29, 0.717) is 26.8 Å². The SMILES string of the molecule is C=S(=O)(NC(=O)OCC)c1ccc(Nc2ncc(Br)c(N[C@H](C)[C@@H](C)O)n2)cc1. The van der Waals surface area contributed by atoms with Crippen molar-refractivity contribution in [3.05, 3.63) is 34.9 Å². The lowest BCUT2D eigenvalue weighted by molar-refractivity contribution is 0.159. The molecule has 9 nitrogen and oxygen atoms in total. The van der Waals surface area contributed by atoms with Crippen LogP contribution < -0.4 is 15.4 Å². The zero-order valence-corrected chi connectivity index (χ0v) is 18.7. The molecule has 0 spiro atoms. The summed E-state index contributed by atoms with van der Waals surface area (Å²) < 4.78 is 20.2. The first kappa shape index (κ1) is 22.9. The molecule has 29 heavy (non-hydrogen) atoms. The summed E-state index contributed by atoms with van der Waals surface area (Å²) in [7, 11) is -3.03. The first-order valence-electron chi connectivity index (χ1n) is 8.78. The van der Waals surface area contributed by atoms with Crippen LogP contribution in [0.3, 0.4) is 0 Å². The highest BCUT2D eigenvalue weighted by Gasteiger charge is 2.14. The molecule has 2 aromatic rings. The zero-order chi connectivity index (χ0) is 21.6. The Kier molecular flexibility index (Phi) is 7.82. The fourth-order valence-corrected chi connectivity index (χ4v) is 3.43. The average molecular weight is 486 g/mol. The van der Waals surface area contributed by atoms with Crippen LogP contribution in [0.4, 0.5) is 22.2 Å². The second-order valence-electron chi connectivity index (χ2n) is 6.21. The minimum Gasteiger partial charge on any atom is -0.449 e. The third-order valence-electron chi connectivity index (χ3n) is 3.85. The Hall–Kier alpha value is -2.37. The van der Waals surface area contributed by atoms with Gasteiger partial charge in [0.2, 0.25) is 5.95 Å². The van der Waals surface area contributed by atoms with Crippen LogP contribution in [-0.2, 0) is 14.4 Å². The van der Waals surface area contributed by atoms with E-state index >= 15 is 0 Å². The van der Waals surface area contributed by atoms with E-state index in [2.05, 4.69) is 47.1 Å². The molecule has 0 radical (unpaired) electrons. The van der Waals surface area contributed by atoms with Crippen molar-refractivity contribution in [2.75, 3.05) is 17.2 Å². The maximum absolute atomic E-state index is 12.6. The summed E-state index contributed by atoms with van der Waals surface area (Å²) in [4.78, 5) is 20.4. The predicted octanol–water partition coefficient (Wildman–Crippen LogP) is 2.90. The molecule has 0 aliphatic carbocycles. The number of hydrogen-bond acceptors (Lipinski definition) is 8. The molecule has 0 bridgehead atoms. The highest BCUT2D eigenvalue weighted by atomic mass is 79.9. The molecule has 3 atom stereocenters. The summed E-state index contributed by atoms with van der Waals surface area (Å²) in [6.45, 7) is 5.35. The fourth-order valence-electron chi connectivity index (χ4n) is 2.11. The number of aliphatic hydroxyl groups is 1. The summed E-state index contributed by atoms with van der Waals surface area (Å²) in [6, 6.07) is 6.30. The number of amides is 1. The third-order valence-corrected chi connectivity index (χ3v) is 5.96. The standard InChI is InChI=1S/C18H24BrN5O4S/c1-5-28-18(26)24-29(4,27)14-8-6-13(7-9-14)22-17-20-10-15(19)16(23-17)21-11(2)12(3)25/h6-12,25H,4-5H2,1-3H3,(H,24,26,27)(H2,20,21,22,23)/t11-,12-,29?/m1/s1. The van der Waals surface area contributed by atoms with Crippen LogP contribution in [0.25, 0.3) is 0 Å². The molecule has 1 unspecified atom stereocenters. The van der Waals surface area contributed by atoms with Gasteiger partial charge in [0, 0.05) is 16.8 Å². The average Bonchev–Trinajstić information content (AvgIpc) is 2.64. The van der Waals surface area contributed by atoms with Gasteiger partial charge in [-0.25, -0.2) is 18.7 Å². The van der Waals surface area contributed by atoms with Crippen molar-refractivity contribution in [3.8, 4) is 0 Å².